The first-order chi connectivity index (χ1) is 8.04. The van der Waals surface area contributed by atoms with Crippen LogP contribution in [-0.4, -0.2) is 11.7 Å². The molecule has 5 heteroatoms. The van der Waals surface area contributed by atoms with Crippen molar-refractivity contribution in [3.05, 3.63) is 33.8 Å². The number of nitrogens with one attached hydrogen (secondary N) is 1. The fourth-order valence-electron chi connectivity index (χ4n) is 1.29. The van der Waals surface area contributed by atoms with Crippen LogP contribution in [0.5, 0.6) is 0 Å². The van der Waals surface area contributed by atoms with Gasteiger partial charge in [-0.15, -0.1) is 0 Å². The Morgan fingerprint density at radius 2 is 2.24 bits per heavy atom. The van der Waals surface area contributed by atoms with Gasteiger partial charge in [-0.05, 0) is 29.4 Å². The Balaban J connectivity index is 2.66. The molecule has 1 aromatic carbocycles. The van der Waals surface area contributed by atoms with E-state index in [1.54, 1.807) is 12.1 Å². The molecule has 3 nitrogen and oxygen atoms in total. The monoisotopic (exact) mass is 316 g/mol. The lowest BCUT2D eigenvalue weighted by molar-refractivity contribution is 0.0953. The van der Waals surface area contributed by atoms with Crippen molar-refractivity contribution in [2.24, 2.45) is 11.8 Å². The van der Waals surface area contributed by atoms with Gasteiger partial charge in [-0.3, -0.25) is 10.2 Å². The lowest BCUT2D eigenvalue weighted by atomic mass is 10.1. The summed E-state index contributed by atoms with van der Waals surface area (Å²) in [6.45, 7) is 4.41. The summed E-state index contributed by atoms with van der Waals surface area (Å²) in [5.41, 5.74) is 3.89. The minimum atomic E-state index is -0.271. The Morgan fingerprint density at radius 3 is 2.76 bits per heavy atom. The average molecular weight is 317 g/mol. The van der Waals surface area contributed by atoms with Gasteiger partial charge in [0.05, 0.1) is 0 Å². The van der Waals surface area contributed by atoms with Crippen LogP contribution in [0.15, 0.2) is 22.7 Å². The third-order valence-corrected chi connectivity index (χ3v) is 4.31. The molecule has 0 spiro atoms. The molecule has 0 bridgehead atoms. The minimum absolute atomic E-state index is 0.271. The van der Waals surface area contributed by atoms with Crippen molar-refractivity contribution in [1.82, 2.24) is 5.43 Å². The quantitative estimate of drug-likeness (QED) is 0.499. The van der Waals surface area contributed by atoms with Crippen LogP contribution in [0.25, 0.3) is 0 Å². The first-order valence-corrected chi connectivity index (χ1v) is 7.36. The molecule has 0 aromatic heterocycles. The molecule has 1 aromatic rings. The van der Waals surface area contributed by atoms with Gasteiger partial charge in [0.1, 0.15) is 0 Å². The highest BCUT2D eigenvalue weighted by molar-refractivity contribution is 9.10. The lowest BCUT2D eigenvalue weighted by Crippen LogP contribution is -2.29. The van der Waals surface area contributed by atoms with E-state index in [-0.39, 0.29) is 5.91 Å². The average Bonchev–Trinajstić information content (AvgIpc) is 2.29. The maximum atomic E-state index is 11.3. The molecule has 0 saturated heterocycles. The van der Waals surface area contributed by atoms with E-state index in [0.29, 0.717) is 11.5 Å². The molecule has 0 aliphatic rings. The van der Waals surface area contributed by atoms with Crippen LogP contribution in [0.3, 0.4) is 0 Å². The molecule has 0 unspecified atom stereocenters. The number of hydrazine groups is 1. The number of hydrogen-bond acceptors (Lipinski definition) is 3. The van der Waals surface area contributed by atoms with Crippen molar-refractivity contribution >= 4 is 33.6 Å². The first kappa shape index (κ1) is 14.5. The summed E-state index contributed by atoms with van der Waals surface area (Å²) in [5, 5.41) is 0. The fraction of sp³-hybridized carbons (Fsp3) is 0.417. The zero-order valence-electron chi connectivity index (χ0n) is 10.00. The summed E-state index contributed by atoms with van der Waals surface area (Å²) in [4.78, 5) is 11.3. The van der Waals surface area contributed by atoms with Crippen molar-refractivity contribution in [3.63, 3.8) is 0 Å². The van der Waals surface area contributed by atoms with E-state index in [0.717, 1.165) is 16.0 Å². The molecule has 0 fully saturated rings. The molecule has 3 N–H and O–H groups in total. The van der Waals surface area contributed by atoms with Gasteiger partial charge in [0.25, 0.3) is 5.91 Å². The molecule has 0 radical (unpaired) electrons. The van der Waals surface area contributed by atoms with E-state index in [2.05, 4.69) is 35.2 Å². The van der Waals surface area contributed by atoms with Crippen LogP contribution in [-0.2, 0) is 5.75 Å². The van der Waals surface area contributed by atoms with E-state index in [9.17, 15) is 4.79 Å². The topological polar surface area (TPSA) is 55.1 Å². The molecule has 17 heavy (non-hydrogen) atoms. The number of halogens is 1. The SMILES string of the molecule is CC(C)CSCc1ccc(C(=O)NN)cc1Br. The van der Waals surface area contributed by atoms with Gasteiger partial charge in [-0.1, -0.05) is 35.8 Å². The van der Waals surface area contributed by atoms with Gasteiger partial charge in [0.15, 0.2) is 0 Å². The Hall–Kier alpha value is -0.520. The smallest absolute Gasteiger partial charge is 0.265 e. The van der Waals surface area contributed by atoms with Crippen LogP contribution in [0, 0.1) is 5.92 Å². The number of hydrogen-bond donors (Lipinski definition) is 2. The number of thioether (sulfide) groups is 1. The number of amides is 1. The Labute approximate surface area is 115 Å². The van der Waals surface area contributed by atoms with E-state index in [1.165, 1.54) is 5.56 Å². The van der Waals surface area contributed by atoms with Gasteiger partial charge in [-0.2, -0.15) is 11.8 Å². The Morgan fingerprint density at radius 1 is 1.53 bits per heavy atom. The first-order valence-electron chi connectivity index (χ1n) is 5.41. The highest BCUT2D eigenvalue weighted by Gasteiger charge is 2.07. The van der Waals surface area contributed by atoms with E-state index < -0.39 is 0 Å². The summed E-state index contributed by atoms with van der Waals surface area (Å²) in [6.07, 6.45) is 0. The zero-order chi connectivity index (χ0) is 12.8. The van der Waals surface area contributed by atoms with Crippen LogP contribution in [0.2, 0.25) is 0 Å². The minimum Gasteiger partial charge on any atom is -0.290 e. The van der Waals surface area contributed by atoms with Crippen LogP contribution in [0.4, 0.5) is 0 Å². The third kappa shape index (κ3) is 4.69. The molecular formula is C12H17BrN2OS. The van der Waals surface area contributed by atoms with E-state index >= 15 is 0 Å². The number of benzene rings is 1. The predicted octanol–water partition coefficient (Wildman–Crippen LogP) is 2.94. The molecule has 0 heterocycles. The van der Waals surface area contributed by atoms with Gasteiger partial charge >= 0.3 is 0 Å². The maximum Gasteiger partial charge on any atom is 0.265 e. The Kier molecular flexibility index (Phi) is 6.02. The fourth-order valence-corrected chi connectivity index (χ4v) is 3.06. The highest BCUT2D eigenvalue weighted by Crippen LogP contribution is 2.24. The number of carbonyl (C=O) groups excluding carboxylic acids is 1. The summed E-state index contributed by atoms with van der Waals surface area (Å²) < 4.78 is 0.954. The number of nitrogen functional groups attached to an aromatic ring is 1. The summed E-state index contributed by atoms with van der Waals surface area (Å²) >= 11 is 5.37. The summed E-state index contributed by atoms with van der Waals surface area (Å²) in [6, 6.07) is 5.55. The van der Waals surface area contributed by atoms with Crippen molar-refractivity contribution in [2.45, 2.75) is 19.6 Å². The molecule has 0 atom stereocenters. The normalized spacial score (nSPS) is 10.6. The van der Waals surface area contributed by atoms with E-state index in [1.807, 2.05) is 17.8 Å². The van der Waals surface area contributed by atoms with Gasteiger partial charge in [0, 0.05) is 15.8 Å². The van der Waals surface area contributed by atoms with Crippen molar-refractivity contribution in [2.75, 3.05) is 5.75 Å². The second-order valence-electron chi connectivity index (χ2n) is 4.19. The third-order valence-electron chi connectivity index (χ3n) is 2.16. The van der Waals surface area contributed by atoms with Crippen LogP contribution < -0.4 is 11.3 Å². The van der Waals surface area contributed by atoms with Crippen LogP contribution >= 0.6 is 27.7 Å². The second kappa shape index (κ2) is 7.03. The van der Waals surface area contributed by atoms with Gasteiger partial charge < -0.3 is 0 Å². The van der Waals surface area contributed by atoms with E-state index in [4.69, 9.17) is 5.84 Å². The zero-order valence-corrected chi connectivity index (χ0v) is 12.4. The largest absolute Gasteiger partial charge is 0.290 e. The van der Waals surface area contributed by atoms with Crippen molar-refractivity contribution in [3.8, 4) is 0 Å². The summed E-state index contributed by atoms with van der Waals surface area (Å²) in [7, 11) is 0. The molecule has 94 valence electrons. The molecule has 1 rings (SSSR count). The Bertz CT molecular complexity index is 396. The predicted molar refractivity (Wildman–Crippen MR) is 76.8 cm³/mol. The number of rotatable bonds is 5. The van der Waals surface area contributed by atoms with Gasteiger partial charge in [0.2, 0.25) is 0 Å². The standard InChI is InChI=1S/C12H17BrN2OS/c1-8(2)6-17-7-10-4-3-9(5-11(10)13)12(16)15-14/h3-5,8H,6-7,14H2,1-2H3,(H,15,16). The molecule has 0 aliphatic heterocycles. The number of nitrogens with two attached hydrogens (primary N) is 1. The second-order valence-corrected chi connectivity index (χ2v) is 6.07. The highest BCUT2D eigenvalue weighted by atomic mass is 79.9. The summed E-state index contributed by atoms with van der Waals surface area (Å²) in [5.74, 6) is 7.60. The van der Waals surface area contributed by atoms with Gasteiger partial charge in [-0.25, -0.2) is 5.84 Å². The lowest BCUT2D eigenvalue weighted by Gasteiger charge is -2.08. The molecular weight excluding hydrogens is 300 g/mol. The van der Waals surface area contributed by atoms with Crippen LogP contribution in [0.1, 0.15) is 29.8 Å². The maximum absolute atomic E-state index is 11.3. The number of carbonyl (C=O) groups is 1. The molecule has 0 saturated carbocycles. The molecule has 1 amide bonds. The van der Waals surface area contributed by atoms with Crippen molar-refractivity contribution in [1.29, 1.82) is 0 Å². The molecule has 0 aliphatic carbocycles. The van der Waals surface area contributed by atoms with Crippen molar-refractivity contribution < 1.29 is 4.79 Å².